The van der Waals surface area contributed by atoms with E-state index in [1.807, 2.05) is 49.4 Å². The molecule has 0 aliphatic heterocycles. The number of benzene rings is 2. The maximum atomic E-state index is 5.55. The number of rotatable bonds is 7. The number of hydrogen-bond acceptors (Lipinski definition) is 2. The fourth-order valence-corrected chi connectivity index (χ4v) is 2.41. The Morgan fingerprint density at radius 2 is 1.71 bits per heavy atom. The lowest BCUT2D eigenvalue weighted by Gasteiger charge is -2.12. The van der Waals surface area contributed by atoms with Gasteiger partial charge in [0.05, 0.1) is 14.2 Å². The van der Waals surface area contributed by atoms with Crippen LogP contribution in [-0.4, -0.2) is 14.2 Å². The van der Waals surface area contributed by atoms with Crippen molar-refractivity contribution in [1.29, 1.82) is 0 Å². The van der Waals surface area contributed by atoms with Crippen LogP contribution in [0.1, 0.15) is 23.6 Å². The summed E-state index contributed by atoms with van der Waals surface area (Å²) in [6.45, 7) is 10.1. The number of allylic oxidation sites excluding steroid dienone is 3. The normalized spacial score (nSPS) is 10.6. The van der Waals surface area contributed by atoms with E-state index in [2.05, 4.69) is 25.3 Å². The lowest BCUT2D eigenvalue weighted by Crippen LogP contribution is -1.95. The molecule has 0 saturated carbocycles. The molecule has 0 aliphatic carbocycles. The average Bonchev–Trinajstić information content (AvgIpc) is 2.60. The predicted octanol–water partition coefficient (Wildman–Crippen LogP) is 5.55. The molecule has 0 bridgehead atoms. The van der Waals surface area contributed by atoms with Gasteiger partial charge in [-0.05, 0) is 47.4 Å². The van der Waals surface area contributed by atoms with Crippen LogP contribution in [0.5, 0.6) is 11.5 Å². The van der Waals surface area contributed by atoms with Gasteiger partial charge in [-0.1, -0.05) is 55.1 Å². The molecule has 2 heteroatoms. The summed E-state index contributed by atoms with van der Waals surface area (Å²) >= 11 is 0. The Balaban J connectivity index is 2.18. The maximum absolute atomic E-state index is 5.55. The minimum atomic E-state index is 0.736. The quantitative estimate of drug-likeness (QED) is 0.623. The molecule has 0 amide bonds. The third kappa shape index (κ3) is 4.63. The summed E-state index contributed by atoms with van der Waals surface area (Å²) in [5.74, 6) is 1.71. The third-order valence-electron chi connectivity index (χ3n) is 3.77. The average molecular weight is 320 g/mol. The summed E-state index contributed by atoms with van der Waals surface area (Å²) in [7, 11) is 3.36. The zero-order chi connectivity index (χ0) is 17.5. The molecule has 0 unspecified atom stereocenters. The molecule has 0 radical (unpaired) electrons. The largest absolute Gasteiger partial charge is 0.497 e. The first-order valence-corrected chi connectivity index (χ1v) is 7.86. The zero-order valence-electron chi connectivity index (χ0n) is 14.6. The fraction of sp³-hybridized carbons (Fsp3) is 0.182. The van der Waals surface area contributed by atoms with Gasteiger partial charge in [-0.25, -0.2) is 0 Å². The van der Waals surface area contributed by atoms with E-state index < -0.39 is 0 Å². The van der Waals surface area contributed by atoms with E-state index in [1.54, 1.807) is 14.2 Å². The topological polar surface area (TPSA) is 18.5 Å². The van der Waals surface area contributed by atoms with Gasteiger partial charge in [-0.2, -0.15) is 0 Å². The smallest absolute Gasteiger partial charge is 0.122 e. The molecule has 2 nitrogen and oxygen atoms in total. The highest BCUT2D eigenvalue weighted by Crippen LogP contribution is 2.27. The predicted molar refractivity (Wildman–Crippen MR) is 103 cm³/mol. The summed E-state index contributed by atoms with van der Waals surface area (Å²) in [6.07, 6.45) is 4.76. The van der Waals surface area contributed by atoms with Crippen LogP contribution >= 0.6 is 0 Å². The van der Waals surface area contributed by atoms with E-state index in [-0.39, 0.29) is 0 Å². The van der Waals surface area contributed by atoms with E-state index in [1.165, 1.54) is 0 Å². The molecule has 24 heavy (non-hydrogen) atoms. The standard InChI is InChI=1S/C22H24O2/c1-16(2)6-7-18-8-9-20(22(15-18)24-5)14-17(3)19-10-12-21(23-4)13-11-19/h6-13,15H,1,3,14H2,2,4-5H3/b7-6+. The number of hydrogen-bond donors (Lipinski definition) is 0. The minimum Gasteiger partial charge on any atom is -0.497 e. The minimum absolute atomic E-state index is 0.736. The molecular weight excluding hydrogens is 296 g/mol. The molecule has 0 heterocycles. The molecule has 0 aliphatic rings. The second kappa shape index (κ2) is 8.21. The highest BCUT2D eigenvalue weighted by molar-refractivity contribution is 5.68. The van der Waals surface area contributed by atoms with Gasteiger partial charge in [0, 0.05) is 6.42 Å². The van der Waals surface area contributed by atoms with E-state index in [9.17, 15) is 0 Å². The molecular formula is C22H24O2. The number of ether oxygens (including phenoxy) is 2. The summed E-state index contributed by atoms with van der Waals surface area (Å²) in [4.78, 5) is 0. The second-order valence-corrected chi connectivity index (χ2v) is 5.76. The Bertz CT molecular complexity index is 752. The van der Waals surface area contributed by atoms with Crippen LogP contribution in [0.2, 0.25) is 0 Å². The highest BCUT2D eigenvalue weighted by Gasteiger charge is 2.07. The van der Waals surface area contributed by atoms with Crippen LogP contribution in [0, 0.1) is 0 Å². The summed E-state index contributed by atoms with van der Waals surface area (Å²) in [6, 6.07) is 14.2. The summed E-state index contributed by atoms with van der Waals surface area (Å²) in [5, 5.41) is 0. The van der Waals surface area contributed by atoms with Crippen LogP contribution in [0.4, 0.5) is 0 Å². The Morgan fingerprint density at radius 1 is 1.00 bits per heavy atom. The molecule has 2 aromatic rings. The van der Waals surface area contributed by atoms with Crippen molar-refractivity contribution in [3.63, 3.8) is 0 Å². The van der Waals surface area contributed by atoms with Crippen LogP contribution in [-0.2, 0) is 6.42 Å². The number of methoxy groups -OCH3 is 2. The zero-order valence-corrected chi connectivity index (χ0v) is 14.6. The van der Waals surface area contributed by atoms with Crippen LogP contribution in [0.25, 0.3) is 11.6 Å². The van der Waals surface area contributed by atoms with Crippen molar-refractivity contribution < 1.29 is 9.47 Å². The first-order valence-electron chi connectivity index (χ1n) is 7.86. The van der Waals surface area contributed by atoms with Crippen molar-refractivity contribution in [2.75, 3.05) is 14.2 Å². The van der Waals surface area contributed by atoms with Gasteiger partial charge in [0.1, 0.15) is 11.5 Å². The van der Waals surface area contributed by atoms with Crippen LogP contribution in [0.3, 0.4) is 0 Å². The Kier molecular flexibility index (Phi) is 6.02. The molecule has 2 aromatic carbocycles. The first kappa shape index (κ1) is 17.6. The van der Waals surface area contributed by atoms with Crippen molar-refractivity contribution in [3.8, 4) is 11.5 Å². The van der Waals surface area contributed by atoms with E-state index >= 15 is 0 Å². The Labute approximate surface area is 144 Å². The lowest BCUT2D eigenvalue weighted by molar-refractivity contribution is 0.411. The van der Waals surface area contributed by atoms with E-state index in [0.29, 0.717) is 0 Å². The van der Waals surface area contributed by atoms with Crippen LogP contribution < -0.4 is 9.47 Å². The van der Waals surface area contributed by atoms with E-state index in [4.69, 9.17) is 9.47 Å². The van der Waals surface area contributed by atoms with Gasteiger partial charge in [0.15, 0.2) is 0 Å². The first-order chi connectivity index (χ1) is 11.5. The molecule has 2 rings (SSSR count). The maximum Gasteiger partial charge on any atom is 0.122 e. The molecule has 0 N–H and O–H groups in total. The van der Waals surface area contributed by atoms with Gasteiger partial charge >= 0.3 is 0 Å². The molecule has 124 valence electrons. The van der Waals surface area contributed by atoms with Gasteiger partial charge in [-0.15, -0.1) is 0 Å². The van der Waals surface area contributed by atoms with Crippen molar-refractivity contribution in [1.82, 2.24) is 0 Å². The SMILES string of the molecule is C=C(C)/C=C/c1ccc(CC(=C)c2ccc(OC)cc2)c(OC)c1. The van der Waals surface area contributed by atoms with Crippen LogP contribution in [0.15, 0.2) is 67.3 Å². The van der Waals surface area contributed by atoms with Crippen molar-refractivity contribution in [2.45, 2.75) is 13.3 Å². The Morgan fingerprint density at radius 3 is 2.29 bits per heavy atom. The molecule has 0 fully saturated rings. The van der Waals surface area contributed by atoms with Gasteiger partial charge in [0.2, 0.25) is 0 Å². The fourth-order valence-electron chi connectivity index (χ4n) is 2.41. The van der Waals surface area contributed by atoms with Crippen molar-refractivity contribution in [2.24, 2.45) is 0 Å². The van der Waals surface area contributed by atoms with Gasteiger partial charge in [-0.3, -0.25) is 0 Å². The van der Waals surface area contributed by atoms with Crippen molar-refractivity contribution in [3.05, 3.63) is 84.0 Å². The summed E-state index contributed by atoms with van der Waals surface area (Å²) < 4.78 is 10.7. The molecule has 0 aromatic heterocycles. The third-order valence-corrected chi connectivity index (χ3v) is 3.77. The summed E-state index contributed by atoms with van der Waals surface area (Å²) in [5.41, 5.74) is 5.37. The Hall–Kier alpha value is -2.74. The van der Waals surface area contributed by atoms with Crippen molar-refractivity contribution >= 4 is 11.6 Å². The molecule has 0 saturated heterocycles. The molecule has 0 spiro atoms. The lowest BCUT2D eigenvalue weighted by atomic mass is 9.98. The van der Waals surface area contributed by atoms with Gasteiger partial charge in [0.25, 0.3) is 0 Å². The monoisotopic (exact) mass is 320 g/mol. The molecule has 0 atom stereocenters. The highest BCUT2D eigenvalue weighted by atomic mass is 16.5. The van der Waals surface area contributed by atoms with Gasteiger partial charge < -0.3 is 9.47 Å². The van der Waals surface area contributed by atoms with E-state index in [0.717, 1.165) is 45.8 Å². The second-order valence-electron chi connectivity index (χ2n) is 5.76.